The van der Waals surface area contributed by atoms with E-state index in [4.69, 9.17) is 9.47 Å². The molecule has 0 amide bonds. The Kier molecular flexibility index (Phi) is 5.46. The van der Waals surface area contributed by atoms with Gasteiger partial charge >= 0.3 is 11.9 Å². The highest BCUT2D eigenvalue weighted by Gasteiger charge is 2.41. The number of ether oxygens (including phenoxy) is 2. The Labute approximate surface area is 146 Å². The normalized spacial score (nSPS) is 21.9. The minimum atomic E-state index is -0.538. The molecule has 0 radical (unpaired) electrons. The predicted octanol–water partition coefficient (Wildman–Crippen LogP) is 2.70. The Balaban J connectivity index is 1.47. The first-order valence-electron chi connectivity index (χ1n) is 8.27. The first kappa shape index (κ1) is 17.2. The summed E-state index contributed by atoms with van der Waals surface area (Å²) in [5.41, 5.74) is 0.970. The van der Waals surface area contributed by atoms with Gasteiger partial charge in [-0.25, -0.2) is 9.59 Å². The van der Waals surface area contributed by atoms with Gasteiger partial charge in [-0.3, -0.25) is 0 Å². The number of carbonyl (C=O) groups excluding carboxylic acids is 2. The molecule has 0 saturated heterocycles. The van der Waals surface area contributed by atoms with E-state index in [9.17, 15) is 14.7 Å². The minimum absolute atomic E-state index is 0.00812. The summed E-state index contributed by atoms with van der Waals surface area (Å²) in [6, 6.07) is 17.5. The minimum Gasteiger partial charge on any atom is -0.462 e. The molecule has 1 N–H and O–H groups in total. The monoisotopic (exact) mass is 340 g/mol. The molecule has 2 aromatic carbocycles. The van der Waals surface area contributed by atoms with Gasteiger partial charge in [-0.15, -0.1) is 0 Å². The molecule has 0 heterocycles. The summed E-state index contributed by atoms with van der Waals surface area (Å²) in [4.78, 5) is 23.9. The van der Waals surface area contributed by atoms with E-state index in [1.54, 1.807) is 48.5 Å². The third kappa shape index (κ3) is 4.25. The highest BCUT2D eigenvalue weighted by atomic mass is 16.5. The fourth-order valence-electron chi connectivity index (χ4n) is 2.89. The lowest BCUT2D eigenvalue weighted by Gasteiger charge is -2.40. The highest BCUT2D eigenvalue weighted by Crippen LogP contribution is 2.35. The van der Waals surface area contributed by atoms with E-state index in [1.807, 2.05) is 12.1 Å². The van der Waals surface area contributed by atoms with Crippen LogP contribution in [0.25, 0.3) is 0 Å². The van der Waals surface area contributed by atoms with Crippen LogP contribution >= 0.6 is 0 Å². The van der Waals surface area contributed by atoms with Crippen LogP contribution in [0.1, 0.15) is 27.1 Å². The van der Waals surface area contributed by atoms with Crippen molar-refractivity contribution >= 4 is 11.9 Å². The highest BCUT2D eigenvalue weighted by molar-refractivity contribution is 5.89. The fraction of sp³-hybridized carbons (Fsp3) is 0.300. The lowest BCUT2D eigenvalue weighted by molar-refractivity contribution is -0.0852. The average molecular weight is 340 g/mol. The van der Waals surface area contributed by atoms with Crippen molar-refractivity contribution in [2.75, 3.05) is 13.2 Å². The van der Waals surface area contributed by atoms with Gasteiger partial charge < -0.3 is 14.6 Å². The molecule has 130 valence electrons. The first-order chi connectivity index (χ1) is 12.1. The number of aliphatic hydroxyl groups excluding tert-OH is 1. The van der Waals surface area contributed by atoms with E-state index in [0.717, 1.165) is 0 Å². The third-order valence-electron chi connectivity index (χ3n) is 4.50. The zero-order valence-electron chi connectivity index (χ0n) is 13.7. The van der Waals surface area contributed by atoms with Crippen molar-refractivity contribution in [1.82, 2.24) is 0 Å². The van der Waals surface area contributed by atoms with E-state index < -0.39 is 12.1 Å². The quantitative estimate of drug-likeness (QED) is 0.819. The maximum Gasteiger partial charge on any atom is 0.338 e. The summed E-state index contributed by atoms with van der Waals surface area (Å²) < 4.78 is 10.6. The molecule has 5 nitrogen and oxygen atoms in total. The van der Waals surface area contributed by atoms with Gasteiger partial charge in [-0.05, 0) is 30.7 Å². The number of aliphatic hydroxyl groups is 1. The van der Waals surface area contributed by atoms with Crippen molar-refractivity contribution in [1.29, 1.82) is 0 Å². The third-order valence-corrected chi connectivity index (χ3v) is 4.50. The number of carbonyl (C=O) groups is 2. The molecule has 0 spiro atoms. The average Bonchev–Trinajstić information content (AvgIpc) is 2.66. The van der Waals surface area contributed by atoms with Gasteiger partial charge in [-0.2, -0.15) is 0 Å². The molecular weight excluding hydrogens is 320 g/mol. The molecule has 1 aliphatic carbocycles. The van der Waals surface area contributed by atoms with Gasteiger partial charge in [0.1, 0.15) is 0 Å². The van der Waals surface area contributed by atoms with Crippen LogP contribution in [-0.2, 0) is 9.47 Å². The maximum absolute atomic E-state index is 12.0. The van der Waals surface area contributed by atoms with Gasteiger partial charge in [-0.1, -0.05) is 36.4 Å². The number of hydrogen-bond donors (Lipinski definition) is 1. The molecule has 1 fully saturated rings. The Bertz CT molecular complexity index is 713. The van der Waals surface area contributed by atoms with Crippen LogP contribution in [0, 0.1) is 11.8 Å². The van der Waals surface area contributed by atoms with E-state index in [-0.39, 0.29) is 31.0 Å². The molecule has 0 aromatic heterocycles. The molecule has 2 aromatic rings. The summed E-state index contributed by atoms with van der Waals surface area (Å²) in [7, 11) is 0. The Hall–Kier alpha value is -2.66. The van der Waals surface area contributed by atoms with Gasteiger partial charge in [0.05, 0.1) is 30.4 Å². The molecule has 3 atom stereocenters. The summed E-state index contributed by atoms with van der Waals surface area (Å²) in [6.45, 7) is 0.320. The maximum atomic E-state index is 12.0. The molecule has 0 bridgehead atoms. The number of benzene rings is 2. The van der Waals surface area contributed by atoms with Crippen molar-refractivity contribution in [3.05, 3.63) is 71.8 Å². The van der Waals surface area contributed by atoms with Crippen molar-refractivity contribution in [3.63, 3.8) is 0 Å². The molecule has 1 aliphatic rings. The molecule has 1 saturated carbocycles. The van der Waals surface area contributed by atoms with Crippen LogP contribution in [0.5, 0.6) is 0 Å². The molecule has 2 unspecified atom stereocenters. The largest absolute Gasteiger partial charge is 0.462 e. The summed E-state index contributed by atoms with van der Waals surface area (Å²) in [6.07, 6.45) is -0.000637. The molecule has 5 heteroatoms. The Morgan fingerprint density at radius 2 is 1.32 bits per heavy atom. The second-order valence-corrected chi connectivity index (χ2v) is 6.16. The van der Waals surface area contributed by atoms with Crippen molar-refractivity contribution in [2.24, 2.45) is 11.8 Å². The number of hydrogen-bond acceptors (Lipinski definition) is 5. The van der Waals surface area contributed by atoms with Crippen LogP contribution in [-0.4, -0.2) is 36.4 Å². The molecular formula is C20H20O5. The predicted molar refractivity (Wildman–Crippen MR) is 91.1 cm³/mol. The lowest BCUT2D eigenvalue weighted by atomic mass is 9.72. The van der Waals surface area contributed by atoms with Crippen molar-refractivity contribution in [3.8, 4) is 0 Å². The van der Waals surface area contributed by atoms with E-state index >= 15 is 0 Å². The standard InChI is InChI=1S/C20H20O5/c21-18-11-16(12-24-19(22)14-7-3-1-4-8-14)17(18)13-25-20(23)15-9-5-2-6-10-15/h1-10,16-18,21H,11-13H2/t16-,17?,18?/m0/s1. The topological polar surface area (TPSA) is 72.8 Å². The summed E-state index contributed by atoms with van der Waals surface area (Å²) in [5, 5.41) is 9.91. The second kappa shape index (κ2) is 7.94. The second-order valence-electron chi connectivity index (χ2n) is 6.16. The smallest absolute Gasteiger partial charge is 0.338 e. The number of esters is 2. The SMILES string of the molecule is O=C(OCC1C(O)C[C@H]1COC(=O)c1ccccc1)c1ccccc1. The Morgan fingerprint density at radius 1 is 0.840 bits per heavy atom. The van der Waals surface area contributed by atoms with E-state index in [1.165, 1.54) is 0 Å². The zero-order valence-corrected chi connectivity index (χ0v) is 13.7. The van der Waals surface area contributed by atoms with E-state index in [0.29, 0.717) is 17.5 Å². The zero-order chi connectivity index (χ0) is 17.6. The Morgan fingerprint density at radius 3 is 1.80 bits per heavy atom. The van der Waals surface area contributed by atoms with Gasteiger partial charge in [0.15, 0.2) is 0 Å². The van der Waals surface area contributed by atoms with Crippen LogP contribution < -0.4 is 0 Å². The van der Waals surface area contributed by atoms with Gasteiger partial charge in [0, 0.05) is 11.8 Å². The molecule has 25 heavy (non-hydrogen) atoms. The van der Waals surface area contributed by atoms with Crippen LogP contribution in [0.2, 0.25) is 0 Å². The van der Waals surface area contributed by atoms with E-state index in [2.05, 4.69) is 0 Å². The first-order valence-corrected chi connectivity index (χ1v) is 8.27. The van der Waals surface area contributed by atoms with Gasteiger partial charge in [0.2, 0.25) is 0 Å². The van der Waals surface area contributed by atoms with Crippen LogP contribution in [0.4, 0.5) is 0 Å². The summed E-state index contributed by atoms with van der Waals surface area (Å²) in [5.74, 6) is -1.02. The number of rotatable bonds is 6. The summed E-state index contributed by atoms with van der Waals surface area (Å²) >= 11 is 0. The van der Waals surface area contributed by atoms with Crippen LogP contribution in [0.15, 0.2) is 60.7 Å². The molecule has 3 rings (SSSR count). The molecule has 0 aliphatic heterocycles. The van der Waals surface area contributed by atoms with Crippen molar-refractivity contribution < 1.29 is 24.2 Å². The fourth-order valence-corrected chi connectivity index (χ4v) is 2.89. The van der Waals surface area contributed by atoms with Crippen molar-refractivity contribution in [2.45, 2.75) is 12.5 Å². The lowest BCUT2D eigenvalue weighted by Crippen LogP contribution is -2.46. The van der Waals surface area contributed by atoms with Gasteiger partial charge in [0.25, 0.3) is 0 Å². The van der Waals surface area contributed by atoms with Crippen LogP contribution in [0.3, 0.4) is 0 Å².